The zero-order valence-electron chi connectivity index (χ0n) is 11.5. The molecule has 0 bridgehead atoms. The minimum absolute atomic E-state index is 0. The molecule has 2 rings (SSSR count). The minimum atomic E-state index is -3.07. The van der Waals surface area contributed by atoms with Crippen LogP contribution in [-0.2, 0) is 10.0 Å². The fourth-order valence-electron chi connectivity index (χ4n) is 2.91. The summed E-state index contributed by atoms with van der Waals surface area (Å²) in [7, 11) is -3.07. The molecule has 2 fully saturated rings. The van der Waals surface area contributed by atoms with Gasteiger partial charge in [0.15, 0.2) is 0 Å². The number of hydrogen-bond acceptors (Lipinski definition) is 3. The third-order valence-electron chi connectivity index (χ3n) is 3.63. The van der Waals surface area contributed by atoms with E-state index >= 15 is 0 Å². The van der Waals surface area contributed by atoms with Gasteiger partial charge in [0.05, 0.1) is 5.75 Å². The first kappa shape index (κ1) is 16.2. The maximum absolute atomic E-state index is 12.3. The molecule has 2 aliphatic heterocycles. The Balaban J connectivity index is 0.00000162. The topological polar surface area (TPSA) is 49.4 Å². The van der Waals surface area contributed by atoms with Crippen LogP contribution in [0.3, 0.4) is 0 Å². The van der Waals surface area contributed by atoms with E-state index in [1.807, 2.05) is 20.8 Å². The second kappa shape index (κ2) is 5.65. The van der Waals surface area contributed by atoms with Crippen LogP contribution in [-0.4, -0.2) is 44.2 Å². The molecule has 0 saturated carbocycles. The summed E-state index contributed by atoms with van der Waals surface area (Å²) in [5, 5.41) is 3.46. The Bertz CT molecular complexity index is 378. The second-order valence-electron chi connectivity index (χ2n) is 6.57. The molecule has 2 unspecified atom stereocenters. The van der Waals surface area contributed by atoms with Gasteiger partial charge >= 0.3 is 0 Å². The summed E-state index contributed by atoms with van der Waals surface area (Å²) in [6.45, 7) is 8.39. The first-order valence-electron chi connectivity index (χ1n) is 6.49. The van der Waals surface area contributed by atoms with E-state index < -0.39 is 10.0 Å². The van der Waals surface area contributed by atoms with Crippen LogP contribution < -0.4 is 5.32 Å². The van der Waals surface area contributed by atoms with E-state index in [0.29, 0.717) is 18.5 Å². The van der Waals surface area contributed by atoms with Crippen molar-refractivity contribution in [1.29, 1.82) is 0 Å². The molecule has 0 aromatic rings. The van der Waals surface area contributed by atoms with Gasteiger partial charge in [0.1, 0.15) is 0 Å². The summed E-state index contributed by atoms with van der Waals surface area (Å²) in [6, 6.07) is 0.552. The lowest BCUT2D eigenvalue weighted by molar-refractivity contribution is 0.244. The van der Waals surface area contributed by atoms with Crippen molar-refractivity contribution in [3.63, 3.8) is 0 Å². The molecule has 2 atom stereocenters. The summed E-state index contributed by atoms with van der Waals surface area (Å²) >= 11 is 0. The third-order valence-corrected chi connectivity index (χ3v) is 5.98. The van der Waals surface area contributed by atoms with Gasteiger partial charge in [-0.3, -0.25) is 0 Å². The third kappa shape index (κ3) is 3.83. The molecule has 0 amide bonds. The van der Waals surface area contributed by atoms with Crippen molar-refractivity contribution >= 4 is 22.4 Å². The van der Waals surface area contributed by atoms with Gasteiger partial charge in [0.25, 0.3) is 0 Å². The molecule has 0 spiro atoms. The van der Waals surface area contributed by atoms with Crippen molar-refractivity contribution in [3.8, 4) is 0 Å². The number of nitrogens with zero attached hydrogens (tertiary/aromatic N) is 1. The lowest BCUT2D eigenvalue weighted by Gasteiger charge is -2.35. The summed E-state index contributed by atoms with van der Waals surface area (Å²) in [5.41, 5.74) is -0.163. The van der Waals surface area contributed by atoms with Crippen LogP contribution in [0.5, 0.6) is 0 Å². The molecule has 4 nitrogen and oxygen atoms in total. The number of fused-ring (bicyclic) bond motifs is 1. The van der Waals surface area contributed by atoms with Crippen LogP contribution in [0.2, 0.25) is 0 Å². The Morgan fingerprint density at radius 2 is 1.94 bits per heavy atom. The van der Waals surface area contributed by atoms with Crippen molar-refractivity contribution in [2.45, 2.75) is 39.7 Å². The first-order chi connectivity index (χ1) is 7.78. The van der Waals surface area contributed by atoms with E-state index in [4.69, 9.17) is 0 Å². The molecule has 2 saturated heterocycles. The zero-order valence-corrected chi connectivity index (χ0v) is 13.1. The van der Waals surface area contributed by atoms with Crippen LogP contribution in [0, 0.1) is 11.3 Å². The number of hydrogen-bond donors (Lipinski definition) is 1. The van der Waals surface area contributed by atoms with Crippen LogP contribution >= 0.6 is 12.4 Å². The van der Waals surface area contributed by atoms with Gasteiger partial charge in [-0.05, 0) is 30.7 Å². The Hall–Kier alpha value is 0.160. The van der Waals surface area contributed by atoms with Crippen LogP contribution in [0.4, 0.5) is 0 Å². The predicted molar refractivity (Wildman–Crippen MR) is 76.6 cm³/mol. The molecule has 1 N–H and O–H groups in total. The lowest BCUT2D eigenvalue weighted by atomic mass is 9.95. The summed E-state index contributed by atoms with van der Waals surface area (Å²) in [5.74, 6) is 0.781. The second-order valence-corrected chi connectivity index (χ2v) is 8.54. The fourth-order valence-corrected chi connectivity index (χ4v) is 4.98. The number of piperidine rings is 1. The van der Waals surface area contributed by atoms with Crippen LogP contribution in [0.15, 0.2) is 0 Å². The average molecular weight is 297 g/mol. The van der Waals surface area contributed by atoms with Gasteiger partial charge in [0.2, 0.25) is 10.0 Å². The predicted octanol–water partition coefficient (Wildman–Crippen LogP) is 1.47. The highest BCUT2D eigenvalue weighted by Crippen LogP contribution is 2.28. The van der Waals surface area contributed by atoms with Gasteiger partial charge in [-0.15, -0.1) is 12.4 Å². The summed E-state index contributed by atoms with van der Waals surface area (Å²) < 4.78 is 26.3. The standard InChI is InChI=1S/C12H24N2O2S.ClH/c1-12(2,3)9-17(15,16)14-7-5-11-10(8-14)4-6-13-11;/h10-11,13H,4-9H2,1-3H3;1H. The van der Waals surface area contributed by atoms with E-state index in [9.17, 15) is 8.42 Å². The van der Waals surface area contributed by atoms with Gasteiger partial charge in [-0.2, -0.15) is 0 Å². The summed E-state index contributed by atoms with van der Waals surface area (Å²) in [4.78, 5) is 0. The Morgan fingerprint density at radius 3 is 2.56 bits per heavy atom. The van der Waals surface area contributed by atoms with E-state index in [-0.39, 0.29) is 23.6 Å². The van der Waals surface area contributed by atoms with E-state index in [2.05, 4.69) is 5.32 Å². The minimum Gasteiger partial charge on any atom is -0.314 e. The van der Waals surface area contributed by atoms with Crippen molar-refractivity contribution in [2.75, 3.05) is 25.4 Å². The van der Waals surface area contributed by atoms with Crippen LogP contribution in [0.25, 0.3) is 0 Å². The molecule has 0 aliphatic carbocycles. The van der Waals surface area contributed by atoms with Crippen LogP contribution in [0.1, 0.15) is 33.6 Å². The van der Waals surface area contributed by atoms with Crippen molar-refractivity contribution < 1.29 is 8.42 Å². The molecular weight excluding hydrogens is 272 g/mol. The molecule has 2 aliphatic rings. The zero-order chi connectivity index (χ0) is 12.7. The Kier molecular flexibility index (Phi) is 5.09. The quantitative estimate of drug-likeness (QED) is 0.839. The maximum atomic E-state index is 12.3. The molecule has 0 aromatic carbocycles. The van der Waals surface area contributed by atoms with Crippen molar-refractivity contribution in [3.05, 3.63) is 0 Å². The maximum Gasteiger partial charge on any atom is 0.214 e. The van der Waals surface area contributed by atoms with E-state index in [0.717, 1.165) is 25.9 Å². The van der Waals surface area contributed by atoms with Gasteiger partial charge in [-0.1, -0.05) is 20.8 Å². The molecule has 108 valence electrons. The number of rotatable bonds is 2. The molecule has 18 heavy (non-hydrogen) atoms. The normalized spacial score (nSPS) is 29.7. The first-order valence-corrected chi connectivity index (χ1v) is 8.10. The molecule has 2 heterocycles. The highest BCUT2D eigenvalue weighted by atomic mass is 35.5. The Labute approximate surface area is 117 Å². The molecular formula is C12H25ClN2O2S. The lowest BCUT2D eigenvalue weighted by Crippen LogP contribution is -2.48. The average Bonchev–Trinajstić information content (AvgIpc) is 2.59. The molecule has 0 radical (unpaired) electrons. The van der Waals surface area contributed by atoms with E-state index in [1.165, 1.54) is 0 Å². The Morgan fingerprint density at radius 1 is 1.28 bits per heavy atom. The molecule has 0 aromatic heterocycles. The number of nitrogens with one attached hydrogen (secondary N) is 1. The highest BCUT2D eigenvalue weighted by molar-refractivity contribution is 7.89. The smallest absolute Gasteiger partial charge is 0.214 e. The van der Waals surface area contributed by atoms with Gasteiger partial charge < -0.3 is 5.32 Å². The SMILES string of the molecule is CC(C)(C)CS(=O)(=O)N1CCC2NCCC2C1.Cl. The fraction of sp³-hybridized carbons (Fsp3) is 1.00. The monoisotopic (exact) mass is 296 g/mol. The summed E-state index contributed by atoms with van der Waals surface area (Å²) in [6.07, 6.45) is 2.08. The van der Waals surface area contributed by atoms with Gasteiger partial charge in [-0.25, -0.2) is 12.7 Å². The van der Waals surface area contributed by atoms with Gasteiger partial charge in [0, 0.05) is 19.1 Å². The number of halogens is 1. The van der Waals surface area contributed by atoms with Crippen molar-refractivity contribution in [2.24, 2.45) is 11.3 Å². The highest BCUT2D eigenvalue weighted by Gasteiger charge is 2.38. The largest absolute Gasteiger partial charge is 0.314 e. The van der Waals surface area contributed by atoms with Crippen molar-refractivity contribution in [1.82, 2.24) is 9.62 Å². The number of sulfonamides is 1. The van der Waals surface area contributed by atoms with E-state index in [1.54, 1.807) is 4.31 Å². The molecule has 6 heteroatoms.